The number of halogens is 2. The maximum absolute atomic E-state index is 11.8. The number of alkyl halides is 2. The predicted octanol–water partition coefficient (Wildman–Crippen LogP) is 8.84. The van der Waals surface area contributed by atoms with Crippen LogP contribution in [0.4, 0.5) is 0 Å². The van der Waals surface area contributed by atoms with Gasteiger partial charge in [-0.25, -0.2) is 0 Å². The van der Waals surface area contributed by atoms with Crippen LogP contribution in [0.1, 0.15) is 169 Å². The van der Waals surface area contributed by atoms with E-state index in [9.17, 15) is 10.2 Å². The van der Waals surface area contributed by atoms with Crippen LogP contribution >= 0.6 is 23.2 Å². The van der Waals surface area contributed by atoms with Crippen LogP contribution in [0.2, 0.25) is 0 Å². The van der Waals surface area contributed by atoms with Crippen molar-refractivity contribution in [3.63, 3.8) is 0 Å². The topological polar surface area (TPSA) is 46.1 Å². The van der Waals surface area contributed by atoms with Gasteiger partial charge in [0.05, 0.1) is 0 Å². The van der Waals surface area contributed by atoms with E-state index in [0.717, 1.165) is 51.4 Å². The Kier molecular flexibility index (Phi) is 32.7. The molecule has 0 saturated carbocycles. The van der Waals surface area contributed by atoms with Gasteiger partial charge in [0.2, 0.25) is 0 Å². The van der Waals surface area contributed by atoms with Crippen molar-refractivity contribution in [3.05, 3.63) is 0 Å². The van der Waals surface area contributed by atoms with Gasteiger partial charge in [0.25, 0.3) is 0 Å². The van der Waals surface area contributed by atoms with E-state index >= 15 is 0 Å². The Morgan fingerprint density at radius 3 is 0.848 bits per heavy atom. The molecule has 0 aliphatic rings. The molecule has 0 aliphatic carbocycles. The fourth-order valence-corrected chi connectivity index (χ4v) is 4.40. The summed E-state index contributed by atoms with van der Waals surface area (Å²) in [7, 11) is 0. The van der Waals surface area contributed by atoms with Crippen LogP contribution in [-0.2, 0) is 0 Å². The third-order valence-electron chi connectivity index (χ3n) is 6.11. The molecule has 33 heavy (non-hydrogen) atoms. The van der Waals surface area contributed by atoms with Crippen molar-refractivity contribution < 1.29 is 10.2 Å². The molecule has 0 N–H and O–H groups in total. The summed E-state index contributed by atoms with van der Waals surface area (Å²) in [6.07, 6.45) is 23.8. The van der Waals surface area contributed by atoms with Gasteiger partial charge in [-0.15, -0.1) is 23.2 Å². The van der Waals surface area contributed by atoms with Gasteiger partial charge in [-0.05, 0) is 35.8 Å². The largest absolute Gasteiger partial charge is 2.00 e. The van der Waals surface area contributed by atoms with Crippen molar-refractivity contribution >= 4 is 46.3 Å². The monoisotopic (exact) mass is 518 g/mol. The van der Waals surface area contributed by atoms with Crippen LogP contribution in [0, 0.1) is 0 Å². The van der Waals surface area contributed by atoms with Crippen LogP contribution in [0.3, 0.4) is 0 Å². The van der Waals surface area contributed by atoms with Gasteiger partial charge in [0, 0.05) is 0 Å². The zero-order chi connectivity index (χ0) is 24.6. The van der Waals surface area contributed by atoms with E-state index in [2.05, 4.69) is 27.7 Å². The van der Waals surface area contributed by atoms with Gasteiger partial charge < -0.3 is 10.2 Å². The molecule has 0 amide bonds. The minimum Gasteiger partial charge on any atom is -0.838 e. The number of hydrogen-bond donors (Lipinski definition) is 0. The average Bonchev–Trinajstić information content (AvgIpc) is 2.74. The van der Waals surface area contributed by atoms with Crippen LogP contribution in [0.15, 0.2) is 0 Å². The summed E-state index contributed by atoms with van der Waals surface area (Å²) < 4.78 is 0. The summed E-state index contributed by atoms with van der Waals surface area (Å²) in [5.41, 5.74) is 0. The Labute approximate surface area is 234 Å². The number of rotatable bonds is 22. The van der Waals surface area contributed by atoms with Crippen LogP contribution < -0.4 is 10.2 Å². The Balaban J connectivity index is -0.000000529. The molecule has 2 nitrogen and oxygen atoms in total. The molecule has 0 radical (unpaired) electrons. The van der Waals surface area contributed by atoms with Crippen molar-refractivity contribution in [2.24, 2.45) is 0 Å². The standard InChI is InChI=1S/2C14H28ClO.Mg/c2*1-3-5-7-8-9-11-13-14(15,16)12-10-6-4-2;/h2*3-13H2,1-2H3;/q2*-1;+2. The summed E-state index contributed by atoms with van der Waals surface area (Å²) >= 11 is 11.9. The van der Waals surface area contributed by atoms with E-state index in [1.165, 1.54) is 64.2 Å². The van der Waals surface area contributed by atoms with Gasteiger partial charge in [-0.1, -0.05) is 143 Å². The smallest absolute Gasteiger partial charge is 0.838 e. The molecule has 0 heterocycles. The van der Waals surface area contributed by atoms with Crippen LogP contribution in [0.25, 0.3) is 0 Å². The quantitative estimate of drug-likeness (QED) is 0.0814. The SMILES string of the molecule is CCCCCCCCC([O-])(Cl)CCCCC.CCCCCCCCC([O-])(Cl)CCCCC.[Mg+2]. The predicted molar refractivity (Wildman–Crippen MR) is 147 cm³/mol. The number of hydrogen-bond acceptors (Lipinski definition) is 2. The summed E-state index contributed by atoms with van der Waals surface area (Å²) in [6.45, 7) is 8.73. The fraction of sp³-hybridized carbons (Fsp3) is 1.00. The zero-order valence-electron chi connectivity index (χ0n) is 22.8. The van der Waals surface area contributed by atoms with Crippen molar-refractivity contribution in [3.8, 4) is 0 Å². The maximum atomic E-state index is 11.8. The van der Waals surface area contributed by atoms with Crippen molar-refractivity contribution in [1.82, 2.24) is 0 Å². The van der Waals surface area contributed by atoms with Gasteiger partial charge in [0.15, 0.2) is 0 Å². The Morgan fingerprint density at radius 1 is 0.394 bits per heavy atom. The third kappa shape index (κ3) is 33.3. The summed E-state index contributed by atoms with van der Waals surface area (Å²) in [6, 6.07) is 0. The van der Waals surface area contributed by atoms with E-state index in [1.54, 1.807) is 0 Å². The van der Waals surface area contributed by atoms with Gasteiger partial charge in [-0.3, -0.25) is 0 Å². The number of unbranched alkanes of at least 4 members (excludes halogenated alkanes) is 14. The first-order valence-electron chi connectivity index (χ1n) is 14.0. The molecule has 196 valence electrons. The third-order valence-corrected chi connectivity index (χ3v) is 6.87. The fourth-order valence-electron chi connectivity index (χ4n) is 3.87. The van der Waals surface area contributed by atoms with Crippen molar-refractivity contribution in [1.29, 1.82) is 0 Å². The molecule has 0 aliphatic heterocycles. The molecule has 0 saturated heterocycles. The molecule has 5 heteroatoms. The second kappa shape index (κ2) is 27.8. The van der Waals surface area contributed by atoms with Crippen molar-refractivity contribution in [2.45, 2.75) is 179 Å². The molecular weight excluding hydrogens is 464 g/mol. The van der Waals surface area contributed by atoms with E-state index in [0.29, 0.717) is 25.7 Å². The van der Waals surface area contributed by atoms with E-state index in [-0.39, 0.29) is 23.1 Å². The summed E-state index contributed by atoms with van der Waals surface area (Å²) in [5.74, 6) is 0. The summed E-state index contributed by atoms with van der Waals surface area (Å²) in [4.78, 5) is 0. The molecule has 2 unspecified atom stereocenters. The Bertz CT molecular complexity index is 332. The molecule has 0 aromatic rings. The molecule has 0 spiro atoms. The average molecular weight is 520 g/mol. The van der Waals surface area contributed by atoms with Gasteiger partial charge in [-0.2, -0.15) is 0 Å². The molecule has 0 aromatic carbocycles. The second-order valence-corrected chi connectivity index (χ2v) is 11.1. The molecule has 0 rings (SSSR count). The molecule has 0 aromatic heterocycles. The van der Waals surface area contributed by atoms with E-state index < -0.39 is 10.1 Å². The maximum Gasteiger partial charge on any atom is 2.00 e. The first kappa shape index (κ1) is 38.8. The Morgan fingerprint density at radius 2 is 0.576 bits per heavy atom. The Hall–Kier alpha value is 1.27. The first-order chi connectivity index (χ1) is 15.2. The molecule has 0 fully saturated rings. The zero-order valence-corrected chi connectivity index (χ0v) is 25.8. The summed E-state index contributed by atoms with van der Waals surface area (Å²) in [5, 5.41) is 21.3. The van der Waals surface area contributed by atoms with Crippen LogP contribution in [0.5, 0.6) is 0 Å². The molecule has 0 bridgehead atoms. The van der Waals surface area contributed by atoms with E-state index in [1.807, 2.05) is 0 Å². The second-order valence-electron chi connectivity index (χ2n) is 9.72. The molecular formula is C28H56Cl2MgO2. The minimum absolute atomic E-state index is 0. The van der Waals surface area contributed by atoms with Crippen LogP contribution in [-0.4, -0.2) is 33.2 Å². The van der Waals surface area contributed by atoms with Gasteiger partial charge >= 0.3 is 23.1 Å². The van der Waals surface area contributed by atoms with E-state index in [4.69, 9.17) is 23.2 Å². The van der Waals surface area contributed by atoms with Gasteiger partial charge in [0.1, 0.15) is 0 Å². The first-order valence-corrected chi connectivity index (χ1v) is 14.8. The normalized spacial score (nSPS) is 14.5. The molecule has 2 atom stereocenters. The van der Waals surface area contributed by atoms with Crippen molar-refractivity contribution in [2.75, 3.05) is 0 Å². The minimum atomic E-state index is -1.18.